The second-order valence-corrected chi connectivity index (χ2v) is 6.11. The van der Waals surface area contributed by atoms with E-state index in [0.29, 0.717) is 0 Å². The minimum absolute atomic E-state index is 0.169. The van der Waals surface area contributed by atoms with E-state index in [-0.39, 0.29) is 5.41 Å². The molecule has 1 unspecified atom stereocenters. The average molecular weight is 284 g/mol. The van der Waals surface area contributed by atoms with Crippen molar-refractivity contribution < 1.29 is 5.11 Å². The molecule has 1 N–H and O–H groups in total. The average Bonchev–Trinajstić information content (AvgIpc) is 3.18. The summed E-state index contributed by atoms with van der Waals surface area (Å²) in [5.41, 5.74) is 1.08. The fraction of sp³-hybridized carbons (Fsp3) is 0.500. The van der Waals surface area contributed by atoms with Crippen LogP contribution in [-0.2, 0) is 12.0 Å². The number of imidazole rings is 1. The van der Waals surface area contributed by atoms with Gasteiger partial charge in [-0.15, -0.1) is 0 Å². The van der Waals surface area contributed by atoms with E-state index in [4.69, 9.17) is 0 Å². The molecule has 1 atom stereocenters. The third-order valence-corrected chi connectivity index (χ3v) is 4.82. The minimum atomic E-state index is -0.524. The molecule has 1 aliphatic carbocycles. The zero-order valence-electron chi connectivity index (χ0n) is 12.7. The van der Waals surface area contributed by atoms with Gasteiger partial charge in [0.1, 0.15) is 11.9 Å². The molecule has 1 heterocycles. The van der Waals surface area contributed by atoms with Crippen molar-refractivity contribution in [3.8, 4) is 0 Å². The van der Waals surface area contributed by atoms with Crippen molar-refractivity contribution in [3.05, 3.63) is 54.1 Å². The first kappa shape index (κ1) is 14.3. The third kappa shape index (κ3) is 2.51. The Kier molecular flexibility index (Phi) is 4.11. The second kappa shape index (κ2) is 6.02. The lowest BCUT2D eigenvalue weighted by molar-refractivity contribution is 0.0707. The summed E-state index contributed by atoms with van der Waals surface area (Å²) in [5.74, 6) is 0.822. The standard InChI is InChI=1S/C18H24N2O/c1-2-13-20-14-12-19-17(20)16(21)18(10-6-7-11-18)15-8-4-3-5-9-15/h3-5,8-9,12,14,16,21H,2,6-7,10-11,13H2,1H3. The Morgan fingerprint density at radius 1 is 1.24 bits per heavy atom. The van der Waals surface area contributed by atoms with Gasteiger partial charge in [0, 0.05) is 24.4 Å². The summed E-state index contributed by atoms with van der Waals surface area (Å²) < 4.78 is 2.10. The first-order chi connectivity index (χ1) is 10.3. The molecule has 21 heavy (non-hydrogen) atoms. The molecule has 0 bridgehead atoms. The van der Waals surface area contributed by atoms with Crippen molar-refractivity contribution in [1.82, 2.24) is 9.55 Å². The van der Waals surface area contributed by atoms with Crippen molar-refractivity contribution in [3.63, 3.8) is 0 Å². The molecule has 1 aliphatic rings. The van der Waals surface area contributed by atoms with Crippen LogP contribution in [0.3, 0.4) is 0 Å². The summed E-state index contributed by atoms with van der Waals surface area (Å²) in [4.78, 5) is 4.46. The number of nitrogens with zero attached hydrogens (tertiary/aromatic N) is 2. The van der Waals surface area contributed by atoms with E-state index in [9.17, 15) is 5.11 Å². The molecule has 0 spiro atoms. The lowest BCUT2D eigenvalue weighted by Gasteiger charge is -2.34. The molecule has 0 amide bonds. The quantitative estimate of drug-likeness (QED) is 0.906. The maximum atomic E-state index is 11.1. The monoisotopic (exact) mass is 284 g/mol. The molecular weight excluding hydrogens is 260 g/mol. The van der Waals surface area contributed by atoms with Crippen LogP contribution in [0.25, 0.3) is 0 Å². The van der Waals surface area contributed by atoms with Gasteiger partial charge >= 0.3 is 0 Å². The van der Waals surface area contributed by atoms with Gasteiger partial charge in [-0.2, -0.15) is 0 Å². The molecule has 0 radical (unpaired) electrons. The predicted octanol–water partition coefficient (Wildman–Crippen LogP) is 3.84. The predicted molar refractivity (Wildman–Crippen MR) is 84.1 cm³/mol. The molecule has 112 valence electrons. The number of aryl methyl sites for hydroxylation is 1. The highest BCUT2D eigenvalue weighted by molar-refractivity contribution is 5.30. The van der Waals surface area contributed by atoms with Gasteiger partial charge in [0.15, 0.2) is 0 Å². The van der Waals surface area contributed by atoms with E-state index < -0.39 is 6.10 Å². The maximum Gasteiger partial charge on any atom is 0.138 e. The molecule has 0 aliphatic heterocycles. The maximum absolute atomic E-state index is 11.1. The van der Waals surface area contributed by atoms with Gasteiger partial charge in [0.2, 0.25) is 0 Å². The first-order valence-corrected chi connectivity index (χ1v) is 8.02. The SMILES string of the molecule is CCCn1ccnc1C(O)C1(c2ccccc2)CCCC1. The highest BCUT2D eigenvalue weighted by Crippen LogP contribution is 2.49. The number of hydrogen-bond acceptors (Lipinski definition) is 2. The summed E-state index contributed by atoms with van der Waals surface area (Å²) in [6.45, 7) is 3.07. The molecule has 1 aromatic heterocycles. The van der Waals surface area contributed by atoms with E-state index >= 15 is 0 Å². The Labute approximate surface area is 126 Å². The summed E-state index contributed by atoms with van der Waals surface area (Å²) >= 11 is 0. The fourth-order valence-corrected chi connectivity index (χ4v) is 3.74. The van der Waals surface area contributed by atoms with E-state index in [1.807, 2.05) is 18.5 Å². The topological polar surface area (TPSA) is 38.0 Å². The molecule has 3 nitrogen and oxygen atoms in total. The molecule has 2 aromatic rings. The summed E-state index contributed by atoms with van der Waals surface area (Å²) in [6, 6.07) is 10.5. The van der Waals surface area contributed by atoms with Crippen LogP contribution in [0.2, 0.25) is 0 Å². The zero-order chi connectivity index (χ0) is 14.7. The Hall–Kier alpha value is -1.61. The second-order valence-electron chi connectivity index (χ2n) is 6.11. The molecule has 3 rings (SSSR count). The van der Waals surface area contributed by atoms with Crippen LogP contribution < -0.4 is 0 Å². The largest absolute Gasteiger partial charge is 0.384 e. The van der Waals surface area contributed by atoms with Gasteiger partial charge < -0.3 is 9.67 Å². The van der Waals surface area contributed by atoms with Crippen LogP contribution in [0.15, 0.2) is 42.7 Å². The number of hydrogen-bond donors (Lipinski definition) is 1. The van der Waals surface area contributed by atoms with E-state index in [0.717, 1.165) is 31.6 Å². The summed E-state index contributed by atoms with van der Waals surface area (Å²) in [5, 5.41) is 11.1. The third-order valence-electron chi connectivity index (χ3n) is 4.82. The lowest BCUT2D eigenvalue weighted by atomic mass is 9.74. The number of rotatable bonds is 5. The Balaban J connectivity index is 1.99. The summed E-state index contributed by atoms with van der Waals surface area (Å²) in [6.07, 6.45) is 8.75. The number of benzene rings is 1. The Morgan fingerprint density at radius 2 is 1.95 bits per heavy atom. The summed E-state index contributed by atoms with van der Waals surface area (Å²) in [7, 11) is 0. The van der Waals surface area contributed by atoms with Crippen molar-refractivity contribution in [2.24, 2.45) is 0 Å². The van der Waals surface area contributed by atoms with Crippen LogP contribution in [0.1, 0.15) is 56.5 Å². The van der Waals surface area contributed by atoms with Gasteiger partial charge in [-0.1, -0.05) is 50.1 Å². The van der Waals surface area contributed by atoms with E-state index in [1.165, 1.54) is 18.4 Å². The molecule has 1 saturated carbocycles. The highest BCUT2D eigenvalue weighted by Gasteiger charge is 2.44. The van der Waals surface area contributed by atoms with Gasteiger partial charge in [-0.3, -0.25) is 0 Å². The molecular formula is C18H24N2O. The van der Waals surface area contributed by atoms with Gasteiger partial charge in [-0.05, 0) is 24.8 Å². The van der Waals surface area contributed by atoms with Gasteiger partial charge in [0.25, 0.3) is 0 Å². The Bertz CT molecular complexity index is 570. The van der Waals surface area contributed by atoms with Crippen molar-refractivity contribution in [1.29, 1.82) is 0 Å². The van der Waals surface area contributed by atoms with Crippen LogP contribution in [-0.4, -0.2) is 14.7 Å². The van der Waals surface area contributed by atoms with Crippen LogP contribution in [0.4, 0.5) is 0 Å². The first-order valence-electron chi connectivity index (χ1n) is 8.02. The van der Waals surface area contributed by atoms with Crippen molar-refractivity contribution >= 4 is 0 Å². The number of aliphatic hydroxyl groups excluding tert-OH is 1. The molecule has 0 saturated heterocycles. The number of aliphatic hydroxyl groups is 1. The van der Waals surface area contributed by atoms with Crippen molar-refractivity contribution in [2.75, 3.05) is 0 Å². The molecule has 1 aromatic carbocycles. The molecule has 1 fully saturated rings. The van der Waals surface area contributed by atoms with Gasteiger partial charge in [-0.25, -0.2) is 4.98 Å². The smallest absolute Gasteiger partial charge is 0.138 e. The minimum Gasteiger partial charge on any atom is -0.384 e. The van der Waals surface area contributed by atoms with Crippen LogP contribution >= 0.6 is 0 Å². The normalized spacial score (nSPS) is 18.8. The van der Waals surface area contributed by atoms with E-state index in [1.54, 1.807) is 0 Å². The lowest BCUT2D eigenvalue weighted by Crippen LogP contribution is -2.32. The number of aromatic nitrogens is 2. The fourth-order valence-electron chi connectivity index (χ4n) is 3.74. The van der Waals surface area contributed by atoms with Gasteiger partial charge in [0.05, 0.1) is 0 Å². The zero-order valence-corrected chi connectivity index (χ0v) is 12.7. The van der Waals surface area contributed by atoms with Crippen LogP contribution in [0.5, 0.6) is 0 Å². The van der Waals surface area contributed by atoms with Crippen molar-refractivity contribution in [2.45, 2.75) is 57.1 Å². The van der Waals surface area contributed by atoms with E-state index in [2.05, 4.69) is 40.7 Å². The Morgan fingerprint density at radius 3 is 2.62 bits per heavy atom. The molecule has 3 heteroatoms. The van der Waals surface area contributed by atoms with Crippen LogP contribution in [0, 0.1) is 0 Å². The highest BCUT2D eigenvalue weighted by atomic mass is 16.3.